The third-order valence-electron chi connectivity index (χ3n) is 5.59. The summed E-state index contributed by atoms with van der Waals surface area (Å²) in [5.74, 6) is -1.13. The number of likely N-dealkylation sites (tertiary alicyclic amines) is 1. The first-order chi connectivity index (χ1) is 14.7. The minimum Gasteiger partial charge on any atom is -0.466 e. The number of hydrogen-bond donors (Lipinski definition) is 0. The summed E-state index contributed by atoms with van der Waals surface area (Å²) in [6.45, 7) is 3.16. The third-order valence-corrected chi connectivity index (χ3v) is 7.46. The van der Waals surface area contributed by atoms with Crippen LogP contribution in [0.3, 0.4) is 0 Å². The van der Waals surface area contributed by atoms with Crippen molar-refractivity contribution in [3.63, 3.8) is 0 Å². The number of esters is 1. The van der Waals surface area contributed by atoms with Crippen molar-refractivity contribution >= 4 is 33.5 Å². The Balaban J connectivity index is 1.63. The topological polar surface area (TPSA) is 104 Å². The van der Waals surface area contributed by atoms with Crippen LogP contribution in [0.5, 0.6) is 0 Å². The van der Waals surface area contributed by atoms with Crippen LogP contribution in [0.15, 0.2) is 24.3 Å². The first-order valence-electron chi connectivity index (χ1n) is 10.5. The maximum absolute atomic E-state index is 12.9. The van der Waals surface area contributed by atoms with Crippen molar-refractivity contribution in [3.8, 4) is 0 Å². The maximum atomic E-state index is 12.9. The molecule has 2 heterocycles. The van der Waals surface area contributed by atoms with Crippen LogP contribution < -0.4 is 4.31 Å². The van der Waals surface area contributed by atoms with Crippen LogP contribution >= 0.6 is 0 Å². The van der Waals surface area contributed by atoms with E-state index >= 15 is 0 Å². The molecule has 1 aromatic rings. The number of ether oxygens (including phenoxy) is 1. The van der Waals surface area contributed by atoms with Crippen molar-refractivity contribution in [1.29, 1.82) is 0 Å². The molecular formula is C21H29N3O6S. The van der Waals surface area contributed by atoms with E-state index in [0.29, 0.717) is 56.8 Å². The minimum atomic E-state index is -3.34. The lowest BCUT2D eigenvalue weighted by Gasteiger charge is -2.32. The van der Waals surface area contributed by atoms with Crippen LogP contribution in [0.25, 0.3) is 0 Å². The summed E-state index contributed by atoms with van der Waals surface area (Å²) in [6, 6.07) is 6.45. The van der Waals surface area contributed by atoms with E-state index in [9.17, 15) is 22.8 Å². The molecule has 170 valence electrons. The standard InChI is InChI=1S/C21H29N3O6S/c1-3-30-21(27)17-8-5-10-23(14-17)19(25)15-22(2)20(26)16-7-4-9-18(13-16)24-11-6-12-31(24,28)29/h4,7,9,13,17H,3,5-6,8,10-12,14-15H2,1-2H3. The predicted molar refractivity (Wildman–Crippen MR) is 115 cm³/mol. The highest BCUT2D eigenvalue weighted by Crippen LogP contribution is 2.25. The molecule has 0 N–H and O–H groups in total. The van der Waals surface area contributed by atoms with Gasteiger partial charge in [0.05, 0.1) is 30.5 Å². The molecule has 0 aromatic heterocycles. The molecule has 0 aliphatic carbocycles. The maximum Gasteiger partial charge on any atom is 0.310 e. The predicted octanol–water partition coefficient (Wildman–Crippen LogP) is 1.10. The van der Waals surface area contributed by atoms with Gasteiger partial charge < -0.3 is 14.5 Å². The van der Waals surface area contributed by atoms with Gasteiger partial charge in [0.2, 0.25) is 15.9 Å². The van der Waals surface area contributed by atoms with Gasteiger partial charge in [-0.3, -0.25) is 18.7 Å². The number of piperidine rings is 1. The average Bonchev–Trinajstić information content (AvgIpc) is 3.12. The number of carbonyl (C=O) groups is 3. The molecule has 1 atom stereocenters. The van der Waals surface area contributed by atoms with Crippen LogP contribution in [0.1, 0.15) is 36.5 Å². The summed E-state index contributed by atoms with van der Waals surface area (Å²) < 4.78 is 30.7. The molecule has 1 unspecified atom stereocenters. The Kier molecular flexibility index (Phi) is 7.19. The summed E-state index contributed by atoms with van der Waals surface area (Å²) in [7, 11) is -1.81. The number of amides is 2. The van der Waals surface area contributed by atoms with Crippen LogP contribution in [-0.2, 0) is 24.3 Å². The largest absolute Gasteiger partial charge is 0.466 e. The number of anilines is 1. The molecule has 9 nitrogen and oxygen atoms in total. The van der Waals surface area contributed by atoms with Crippen molar-refractivity contribution in [2.75, 3.05) is 49.9 Å². The van der Waals surface area contributed by atoms with Gasteiger partial charge >= 0.3 is 5.97 Å². The minimum absolute atomic E-state index is 0.0994. The fourth-order valence-electron chi connectivity index (χ4n) is 3.97. The van der Waals surface area contributed by atoms with Gasteiger partial charge in [-0.05, 0) is 44.4 Å². The van der Waals surface area contributed by atoms with Gasteiger partial charge in [0, 0.05) is 32.2 Å². The van der Waals surface area contributed by atoms with Gasteiger partial charge in [-0.25, -0.2) is 8.42 Å². The van der Waals surface area contributed by atoms with E-state index in [4.69, 9.17) is 4.74 Å². The molecule has 2 aliphatic heterocycles. The van der Waals surface area contributed by atoms with Crippen molar-refractivity contribution in [2.24, 2.45) is 5.92 Å². The average molecular weight is 452 g/mol. The van der Waals surface area contributed by atoms with E-state index in [-0.39, 0.29) is 36.0 Å². The molecule has 2 aliphatic rings. The molecule has 1 aromatic carbocycles. The number of carbonyl (C=O) groups excluding carboxylic acids is 3. The lowest BCUT2D eigenvalue weighted by molar-refractivity contribution is -0.151. The van der Waals surface area contributed by atoms with Crippen molar-refractivity contribution < 1.29 is 27.5 Å². The normalized spacial score (nSPS) is 20.4. The van der Waals surface area contributed by atoms with Crippen LogP contribution in [0, 0.1) is 5.92 Å². The van der Waals surface area contributed by atoms with E-state index < -0.39 is 10.0 Å². The Morgan fingerprint density at radius 1 is 1.19 bits per heavy atom. The molecule has 3 rings (SSSR count). The number of sulfonamides is 1. The molecule has 0 radical (unpaired) electrons. The monoisotopic (exact) mass is 451 g/mol. The Hall–Kier alpha value is -2.62. The van der Waals surface area contributed by atoms with Crippen molar-refractivity contribution in [1.82, 2.24) is 9.80 Å². The van der Waals surface area contributed by atoms with Crippen LogP contribution in [-0.4, -0.2) is 81.6 Å². The summed E-state index contributed by atoms with van der Waals surface area (Å²) in [4.78, 5) is 40.5. The molecule has 2 saturated heterocycles. The number of rotatable bonds is 6. The summed E-state index contributed by atoms with van der Waals surface area (Å²) in [5.41, 5.74) is 0.773. The van der Waals surface area contributed by atoms with Gasteiger partial charge in [0.25, 0.3) is 5.91 Å². The van der Waals surface area contributed by atoms with E-state index in [2.05, 4.69) is 0 Å². The Bertz CT molecular complexity index is 948. The van der Waals surface area contributed by atoms with E-state index in [0.717, 1.165) is 0 Å². The zero-order valence-electron chi connectivity index (χ0n) is 18.0. The number of nitrogens with zero attached hydrogens (tertiary/aromatic N) is 3. The molecule has 0 spiro atoms. The zero-order chi connectivity index (χ0) is 22.6. The lowest BCUT2D eigenvalue weighted by Crippen LogP contribution is -2.47. The van der Waals surface area contributed by atoms with Gasteiger partial charge in [-0.15, -0.1) is 0 Å². The SMILES string of the molecule is CCOC(=O)C1CCCN(C(=O)CN(C)C(=O)c2cccc(N3CCCS3(=O)=O)c2)C1. The van der Waals surface area contributed by atoms with Crippen LogP contribution in [0.4, 0.5) is 5.69 Å². The van der Waals surface area contributed by atoms with Gasteiger partial charge in [0.1, 0.15) is 0 Å². The second kappa shape index (κ2) is 9.67. The molecule has 2 amide bonds. The van der Waals surface area contributed by atoms with E-state index in [1.54, 1.807) is 36.1 Å². The Morgan fingerprint density at radius 2 is 1.97 bits per heavy atom. The highest BCUT2D eigenvalue weighted by atomic mass is 32.2. The fraction of sp³-hybridized carbons (Fsp3) is 0.571. The number of benzene rings is 1. The van der Waals surface area contributed by atoms with E-state index in [1.165, 1.54) is 16.3 Å². The zero-order valence-corrected chi connectivity index (χ0v) is 18.8. The van der Waals surface area contributed by atoms with Crippen molar-refractivity contribution in [3.05, 3.63) is 29.8 Å². The van der Waals surface area contributed by atoms with Gasteiger partial charge in [-0.1, -0.05) is 6.07 Å². The molecular weight excluding hydrogens is 422 g/mol. The van der Waals surface area contributed by atoms with Gasteiger partial charge in [-0.2, -0.15) is 0 Å². The lowest BCUT2D eigenvalue weighted by atomic mass is 9.98. The first kappa shape index (κ1) is 23.1. The molecule has 2 fully saturated rings. The molecule has 0 saturated carbocycles. The van der Waals surface area contributed by atoms with Gasteiger partial charge in [0.15, 0.2) is 0 Å². The second-order valence-corrected chi connectivity index (χ2v) is 9.90. The summed E-state index contributed by atoms with van der Waals surface area (Å²) >= 11 is 0. The summed E-state index contributed by atoms with van der Waals surface area (Å²) in [5, 5.41) is 0. The Labute approximate surface area is 183 Å². The Morgan fingerprint density at radius 3 is 2.65 bits per heavy atom. The highest BCUT2D eigenvalue weighted by Gasteiger charge is 2.31. The third kappa shape index (κ3) is 5.36. The van der Waals surface area contributed by atoms with Crippen LogP contribution in [0.2, 0.25) is 0 Å². The molecule has 0 bridgehead atoms. The fourth-order valence-corrected chi connectivity index (χ4v) is 5.53. The van der Waals surface area contributed by atoms with Crippen molar-refractivity contribution in [2.45, 2.75) is 26.2 Å². The summed E-state index contributed by atoms with van der Waals surface area (Å²) in [6.07, 6.45) is 1.94. The molecule has 31 heavy (non-hydrogen) atoms. The number of likely N-dealkylation sites (N-methyl/N-ethyl adjacent to an activating group) is 1. The highest BCUT2D eigenvalue weighted by molar-refractivity contribution is 7.93. The van der Waals surface area contributed by atoms with E-state index in [1.807, 2.05) is 0 Å². The second-order valence-electron chi connectivity index (χ2n) is 7.88. The first-order valence-corrected chi connectivity index (χ1v) is 12.1. The number of hydrogen-bond acceptors (Lipinski definition) is 6. The smallest absolute Gasteiger partial charge is 0.310 e. The quantitative estimate of drug-likeness (QED) is 0.600. The molecule has 10 heteroatoms.